The predicted octanol–water partition coefficient (Wildman–Crippen LogP) is 2.91. The summed E-state index contributed by atoms with van der Waals surface area (Å²) in [4.78, 5) is 7.70. The van der Waals surface area contributed by atoms with Gasteiger partial charge < -0.3 is 0 Å². The molecule has 0 aromatic carbocycles. The van der Waals surface area contributed by atoms with E-state index >= 15 is 0 Å². The monoisotopic (exact) mass is 206 g/mol. The Kier molecular flexibility index (Phi) is 2.19. The van der Waals surface area contributed by atoms with Crippen molar-refractivity contribution in [1.29, 1.82) is 0 Å². The maximum Gasteiger partial charge on any atom is 0.307 e. The van der Waals surface area contributed by atoms with Crippen molar-refractivity contribution in [2.24, 2.45) is 0 Å². The fourth-order valence-electron chi connectivity index (χ4n) is 1.24. The molecule has 0 saturated heterocycles. The quantitative estimate of drug-likeness (QED) is 0.706. The van der Waals surface area contributed by atoms with E-state index < -0.39 is 5.92 Å². The van der Waals surface area contributed by atoms with Gasteiger partial charge >= 0.3 is 5.92 Å². The standard InChI is InChI=1S/C11H8F2N2/c1-2-11(12,13)9-6-5-8-4-3-7-14-10(8)15-9/h2-7H,1H2. The van der Waals surface area contributed by atoms with E-state index in [1.807, 2.05) is 0 Å². The summed E-state index contributed by atoms with van der Waals surface area (Å²) < 4.78 is 26.4. The van der Waals surface area contributed by atoms with Crippen LogP contribution in [-0.2, 0) is 5.92 Å². The van der Waals surface area contributed by atoms with Crippen LogP contribution in [0.15, 0.2) is 43.1 Å². The van der Waals surface area contributed by atoms with Gasteiger partial charge in [0.15, 0.2) is 5.65 Å². The average Bonchev–Trinajstić information content (AvgIpc) is 2.28. The molecule has 2 nitrogen and oxygen atoms in total. The van der Waals surface area contributed by atoms with Crippen LogP contribution in [0.2, 0.25) is 0 Å². The summed E-state index contributed by atoms with van der Waals surface area (Å²) in [6.45, 7) is 3.08. The van der Waals surface area contributed by atoms with Gasteiger partial charge in [0.25, 0.3) is 0 Å². The summed E-state index contributed by atoms with van der Waals surface area (Å²) >= 11 is 0. The first-order valence-electron chi connectivity index (χ1n) is 4.37. The molecule has 15 heavy (non-hydrogen) atoms. The third kappa shape index (κ3) is 1.70. The lowest BCUT2D eigenvalue weighted by Crippen LogP contribution is -2.11. The van der Waals surface area contributed by atoms with Crippen LogP contribution >= 0.6 is 0 Å². The van der Waals surface area contributed by atoms with E-state index in [0.29, 0.717) is 11.7 Å². The predicted molar refractivity (Wildman–Crippen MR) is 53.6 cm³/mol. The highest BCUT2D eigenvalue weighted by Gasteiger charge is 2.28. The molecule has 0 aliphatic rings. The second-order valence-corrected chi connectivity index (χ2v) is 3.07. The Morgan fingerprint density at radius 1 is 1.27 bits per heavy atom. The van der Waals surface area contributed by atoms with Crippen molar-refractivity contribution in [3.63, 3.8) is 0 Å². The smallest absolute Gasteiger partial charge is 0.237 e. The zero-order valence-electron chi connectivity index (χ0n) is 7.82. The highest BCUT2D eigenvalue weighted by Crippen LogP contribution is 2.28. The number of alkyl halides is 2. The van der Waals surface area contributed by atoms with Crippen LogP contribution in [-0.4, -0.2) is 9.97 Å². The molecule has 0 amide bonds. The zero-order chi connectivity index (χ0) is 10.9. The Morgan fingerprint density at radius 3 is 2.80 bits per heavy atom. The zero-order valence-corrected chi connectivity index (χ0v) is 7.82. The number of nitrogens with zero attached hydrogens (tertiary/aromatic N) is 2. The highest BCUT2D eigenvalue weighted by atomic mass is 19.3. The number of pyridine rings is 2. The van der Waals surface area contributed by atoms with Gasteiger partial charge in [0.1, 0.15) is 5.69 Å². The van der Waals surface area contributed by atoms with Crippen LogP contribution in [0.4, 0.5) is 8.78 Å². The van der Waals surface area contributed by atoms with Crippen LogP contribution < -0.4 is 0 Å². The van der Waals surface area contributed by atoms with Crippen molar-refractivity contribution >= 4 is 11.0 Å². The number of rotatable bonds is 2. The number of hydrogen-bond donors (Lipinski definition) is 0. The molecule has 0 atom stereocenters. The molecule has 76 valence electrons. The summed E-state index contributed by atoms with van der Waals surface area (Å²) in [5, 5.41) is 0.737. The van der Waals surface area contributed by atoms with Gasteiger partial charge in [-0.3, -0.25) is 0 Å². The lowest BCUT2D eigenvalue weighted by Gasteiger charge is -2.10. The van der Waals surface area contributed by atoms with E-state index in [-0.39, 0.29) is 5.69 Å². The molecule has 4 heteroatoms. The van der Waals surface area contributed by atoms with E-state index in [4.69, 9.17) is 0 Å². The molecule has 0 fully saturated rings. The SMILES string of the molecule is C=CC(F)(F)c1ccc2cccnc2n1. The van der Waals surface area contributed by atoms with Crippen LogP contribution in [0.3, 0.4) is 0 Å². The topological polar surface area (TPSA) is 25.8 Å². The molecular weight excluding hydrogens is 198 g/mol. The summed E-state index contributed by atoms with van der Waals surface area (Å²) in [7, 11) is 0. The van der Waals surface area contributed by atoms with Gasteiger partial charge in [-0.1, -0.05) is 6.58 Å². The molecule has 0 unspecified atom stereocenters. The Bertz CT molecular complexity index is 509. The van der Waals surface area contributed by atoms with E-state index in [9.17, 15) is 8.78 Å². The van der Waals surface area contributed by atoms with E-state index in [1.54, 1.807) is 18.2 Å². The molecule has 0 bridgehead atoms. The normalized spacial score (nSPS) is 11.6. The molecule has 0 aliphatic heterocycles. The number of aromatic nitrogens is 2. The molecule has 0 aliphatic carbocycles. The minimum Gasteiger partial charge on any atom is -0.237 e. The first-order valence-corrected chi connectivity index (χ1v) is 4.37. The summed E-state index contributed by atoms with van der Waals surface area (Å²) in [5.74, 6) is -3.11. The molecule has 2 aromatic rings. The summed E-state index contributed by atoms with van der Waals surface area (Å²) in [5.41, 5.74) is -0.0137. The van der Waals surface area contributed by atoms with Gasteiger partial charge in [0.2, 0.25) is 0 Å². The molecular formula is C11H8F2N2. The molecule has 0 radical (unpaired) electrons. The number of allylic oxidation sites excluding steroid dienone is 1. The lowest BCUT2D eigenvalue weighted by molar-refractivity contribution is 0.0479. The third-order valence-electron chi connectivity index (χ3n) is 2.06. The molecule has 0 saturated carbocycles. The van der Waals surface area contributed by atoms with Crippen LogP contribution in [0.1, 0.15) is 5.69 Å². The Balaban J connectivity index is 2.61. The number of halogens is 2. The van der Waals surface area contributed by atoms with Gasteiger partial charge in [-0.15, -0.1) is 0 Å². The van der Waals surface area contributed by atoms with Crippen molar-refractivity contribution in [3.05, 3.63) is 48.8 Å². The maximum atomic E-state index is 13.2. The molecule has 0 spiro atoms. The third-order valence-corrected chi connectivity index (χ3v) is 2.06. The Morgan fingerprint density at radius 2 is 2.07 bits per heavy atom. The van der Waals surface area contributed by atoms with Crippen LogP contribution in [0.5, 0.6) is 0 Å². The second-order valence-electron chi connectivity index (χ2n) is 3.07. The van der Waals surface area contributed by atoms with Crippen molar-refractivity contribution in [2.75, 3.05) is 0 Å². The van der Waals surface area contributed by atoms with Crippen LogP contribution in [0.25, 0.3) is 11.0 Å². The summed E-state index contributed by atoms with van der Waals surface area (Å²) in [6, 6.07) is 6.36. The van der Waals surface area contributed by atoms with Gasteiger partial charge in [-0.2, -0.15) is 8.78 Å². The fraction of sp³-hybridized carbons (Fsp3) is 0.0909. The highest BCUT2D eigenvalue weighted by molar-refractivity contribution is 5.74. The fourth-order valence-corrected chi connectivity index (χ4v) is 1.24. The van der Waals surface area contributed by atoms with Gasteiger partial charge in [0.05, 0.1) is 0 Å². The van der Waals surface area contributed by atoms with Crippen molar-refractivity contribution in [2.45, 2.75) is 5.92 Å². The van der Waals surface area contributed by atoms with E-state index in [2.05, 4.69) is 16.5 Å². The number of fused-ring (bicyclic) bond motifs is 1. The molecule has 0 N–H and O–H groups in total. The summed E-state index contributed by atoms with van der Waals surface area (Å²) in [6.07, 6.45) is 2.09. The van der Waals surface area contributed by atoms with Gasteiger partial charge in [-0.25, -0.2) is 9.97 Å². The largest absolute Gasteiger partial charge is 0.307 e. The van der Waals surface area contributed by atoms with Crippen molar-refractivity contribution in [3.8, 4) is 0 Å². The van der Waals surface area contributed by atoms with Gasteiger partial charge in [-0.05, 0) is 30.3 Å². The van der Waals surface area contributed by atoms with E-state index in [0.717, 1.165) is 5.39 Å². The first kappa shape index (κ1) is 9.71. The van der Waals surface area contributed by atoms with Crippen molar-refractivity contribution in [1.82, 2.24) is 9.97 Å². The van der Waals surface area contributed by atoms with Crippen molar-refractivity contribution < 1.29 is 8.78 Å². The molecule has 2 heterocycles. The molecule has 2 rings (SSSR count). The van der Waals surface area contributed by atoms with E-state index in [1.165, 1.54) is 12.3 Å². The average molecular weight is 206 g/mol. The lowest BCUT2D eigenvalue weighted by atomic mass is 10.2. The second kappa shape index (κ2) is 3.38. The first-order chi connectivity index (χ1) is 7.13. The minimum atomic E-state index is -3.11. The Labute approximate surface area is 85.3 Å². The Hall–Kier alpha value is -1.84. The van der Waals surface area contributed by atoms with Crippen LogP contribution in [0, 0.1) is 0 Å². The maximum absolute atomic E-state index is 13.2. The van der Waals surface area contributed by atoms with Gasteiger partial charge in [0, 0.05) is 11.6 Å². The molecule has 2 aromatic heterocycles. The number of hydrogen-bond acceptors (Lipinski definition) is 2. The minimum absolute atomic E-state index is 0.316.